The van der Waals surface area contributed by atoms with Gasteiger partial charge in [-0.2, -0.15) is 11.8 Å². The predicted molar refractivity (Wildman–Crippen MR) is 64.8 cm³/mol. The molecule has 0 radical (unpaired) electrons. The Balaban J connectivity index is 2.58. The predicted octanol–water partition coefficient (Wildman–Crippen LogP) is 1.59. The third-order valence-electron chi connectivity index (χ3n) is 2.06. The number of aliphatic hydroxyl groups excluding tert-OH is 1. The molecule has 2 unspecified atom stereocenters. The average molecular weight is 226 g/mol. The van der Waals surface area contributed by atoms with Crippen molar-refractivity contribution in [3.05, 3.63) is 30.1 Å². The second-order valence-electron chi connectivity index (χ2n) is 3.48. The highest BCUT2D eigenvalue weighted by Crippen LogP contribution is 2.29. The molecule has 3 N–H and O–H groups in total. The minimum Gasteiger partial charge on any atom is -0.396 e. The number of thioether (sulfide) groups is 1. The molecule has 3 nitrogen and oxygen atoms in total. The number of aliphatic hydroxyl groups is 1. The molecule has 0 aromatic carbocycles. The van der Waals surface area contributed by atoms with Crippen LogP contribution >= 0.6 is 11.8 Å². The highest BCUT2D eigenvalue weighted by Gasteiger charge is 2.17. The number of nitrogens with zero attached hydrogens (tertiary/aromatic N) is 1. The van der Waals surface area contributed by atoms with Crippen molar-refractivity contribution in [1.29, 1.82) is 0 Å². The van der Waals surface area contributed by atoms with Gasteiger partial charge in [-0.25, -0.2) is 0 Å². The second kappa shape index (κ2) is 6.82. The summed E-state index contributed by atoms with van der Waals surface area (Å²) in [6, 6.07) is 5.95. The quantitative estimate of drug-likeness (QED) is 0.723. The maximum atomic E-state index is 8.73. The Kier molecular flexibility index (Phi) is 5.68. The third-order valence-corrected chi connectivity index (χ3v) is 3.61. The number of hydrogen-bond donors (Lipinski definition) is 2. The van der Waals surface area contributed by atoms with Crippen molar-refractivity contribution in [1.82, 2.24) is 4.98 Å². The lowest BCUT2D eigenvalue weighted by atomic mass is 10.2. The molecule has 0 saturated carbocycles. The third kappa shape index (κ3) is 4.20. The highest BCUT2D eigenvalue weighted by molar-refractivity contribution is 7.99. The van der Waals surface area contributed by atoms with E-state index < -0.39 is 0 Å². The Bertz CT molecular complexity index is 267. The molecule has 0 saturated heterocycles. The van der Waals surface area contributed by atoms with E-state index in [0.717, 1.165) is 17.9 Å². The van der Waals surface area contributed by atoms with Gasteiger partial charge in [0, 0.05) is 18.8 Å². The highest BCUT2D eigenvalue weighted by atomic mass is 32.2. The molecule has 0 aliphatic heterocycles. The van der Waals surface area contributed by atoms with Crippen molar-refractivity contribution in [2.45, 2.75) is 24.6 Å². The minimum absolute atomic E-state index is 0.0728. The van der Waals surface area contributed by atoms with Crippen LogP contribution in [0.2, 0.25) is 0 Å². The SMILES string of the molecule is CC(N)C(SCCCO)c1ccccn1. The number of aromatic nitrogens is 1. The molecule has 4 heteroatoms. The van der Waals surface area contributed by atoms with Crippen LogP contribution in [0.15, 0.2) is 24.4 Å². The lowest BCUT2D eigenvalue weighted by Crippen LogP contribution is -2.23. The van der Waals surface area contributed by atoms with Crippen LogP contribution in [-0.4, -0.2) is 28.5 Å². The van der Waals surface area contributed by atoms with Gasteiger partial charge in [0.1, 0.15) is 0 Å². The molecule has 1 aromatic heterocycles. The average Bonchev–Trinajstić information content (AvgIpc) is 2.25. The number of hydrogen-bond acceptors (Lipinski definition) is 4. The molecule has 1 heterocycles. The summed E-state index contributed by atoms with van der Waals surface area (Å²) in [5.41, 5.74) is 6.95. The molecule has 0 amide bonds. The summed E-state index contributed by atoms with van der Waals surface area (Å²) < 4.78 is 0. The lowest BCUT2D eigenvalue weighted by Gasteiger charge is -2.19. The molecule has 1 aromatic rings. The first-order valence-corrected chi connectivity index (χ1v) is 6.19. The zero-order valence-electron chi connectivity index (χ0n) is 8.97. The van der Waals surface area contributed by atoms with Crippen LogP contribution in [0.3, 0.4) is 0 Å². The van der Waals surface area contributed by atoms with Crippen LogP contribution in [0.1, 0.15) is 24.3 Å². The number of rotatable bonds is 6. The molecule has 0 fully saturated rings. The van der Waals surface area contributed by atoms with E-state index in [1.54, 1.807) is 18.0 Å². The zero-order chi connectivity index (χ0) is 11.1. The Morgan fingerprint density at radius 2 is 2.33 bits per heavy atom. The maximum Gasteiger partial charge on any atom is 0.0618 e. The van der Waals surface area contributed by atoms with Crippen LogP contribution < -0.4 is 5.73 Å². The van der Waals surface area contributed by atoms with Gasteiger partial charge >= 0.3 is 0 Å². The fraction of sp³-hybridized carbons (Fsp3) is 0.545. The fourth-order valence-electron chi connectivity index (χ4n) is 1.33. The van der Waals surface area contributed by atoms with E-state index in [1.807, 2.05) is 25.1 Å². The number of nitrogens with two attached hydrogens (primary N) is 1. The normalized spacial score (nSPS) is 14.9. The summed E-state index contributed by atoms with van der Waals surface area (Å²) in [5.74, 6) is 0.916. The summed E-state index contributed by atoms with van der Waals surface area (Å²) in [6.07, 6.45) is 2.60. The monoisotopic (exact) mass is 226 g/mol. The van der Waals surface area contributed by atoms with Gasteiger partial charge in [-0.1, -0.05) is 6.07 Å². The Morgan fingerprint density at radius 1 is 1.53 bits per heavy atom. The first kappa shape index (κ1) is 12.5. The van der Waals surface area contributed by atoms with E-state index in [1.165, 1.54) is 0 Å². The van der Waals surface area contributed by atoms with E-state index in [0.29, 0.717) is 0 Å². The molecule has 15 heavy (non-hydrogen) atoms. The topological polar surface area (TPSA) is 59.1 Å². The van der Waals surface area contributed by atoms with Gasteiger partial charge in [-0.05, 0) is 31.2 Å². The lowest BCUT2D eigenvalue weighted by molar-refractivity contribution is 0.296. The number of pyridine rings is 1. The van der Waals surface area contributed by atoms with Gasteiger partial charge in [0.05, 0.1) is 10.9 Å². The molecule has 1 rings (SSSR count). The van der Waals surface area contributed by atoms with E-state index in [-0.39, 0.29) is 17.9 Å². The second-order valence-corrected chi connectivity index (χ2v) is 4.73. The van der Waals surface area contributed by atoms with Crippen molar-refractivity contribution in [2.75, 3.05) is 12.4 Å². The molecule has 84 valence electrons. The summed E-state index contributed by atoms with van der Waals surface area (Å²) >= 11 is 1.76. The first-order valence-electron chi connectivity index (χ1n) is 5.14. The van der Waals surface area contributed by atoms with Crippen LogP contribution in [0.5, 0.6) is 0 Å². The van der Waals surface area contributed by atoms with E-state index in [9.17, 15) is 0 Å². The van der Waals surface area contributed by atoms with Gasteiger partial charge in [-0.15, -0.1) is 0 Å². The summed E-state index contributed by atoms with van der Waals surface area (Å²) in [4.78, 5) is 4.32. The molecule has 2 atom stereocenters. The summed E-state index contributed by atoms with van der Waals surface area (Å²) in [5, 5.41) is 8.95. The Morgan fingerprint density at radius 3 is 2.87 bits per heavy atom. The van der Waals surface area contributed by atoms with Crippen molar-refractivity contribution in [2.24, 2.45) is 5.73 Å². The van der Waals surface area contributed by atoms with Crippen LogP contribution in [0, 0.1) is 0 Å². The minimum atomic E-state index is 0.0728. The van der Waals surface area contributed by atoms with Crippen molar-refractivity contribution in [3.8, 4) is 0 Å². The summed E-state index contributed by atoms with van der Waals surface area (Å²) in [6.45, 7) is 2.23. The molecule has 0 spiro atoms. The molecule has 0 bridgehead atoms. The molecular weight excluding hydrogens is 208 g/mol. The smallest absolute Gasteiger partial charge is 0.0618 e. The van der Waals surface area contributed by atoms with Gasteiger partial charge in [0.15, 0.2) is 0 Å². The van der Waals surface area contributed by atoms with Gasteiger partial charge in [0.25, 0.3) is 0 Å². The standard InChI is InChI=1S/C11H18N2OS/c1-9(12)11(15-8-4-7-14)10-5-2-3-6-13-10/h2-3,5-6,9,11,14H,4,7-8,12H2,1H3. The van der Waals surface area contributed by atoms with E-state index in [4.69, 9.17) is 10.8 Å². The van der Waals surface area contributed by atoms with Gasteiger partial charge in [-0.3, -0.25) is 4.98 Å². The van der Waals surface area contributed by atoms with Crippen molar-refractivity contribution in [3.63, 3.8) is 0 Å². The molecule has 0 aliphatic carbocycles. The molecule has 0 aliphatic rings. The first-order chi connectivity index (χ1) is 7.25. The van der Waals surface area contributed by atoms with Gasteiger partial charge in [0.2, 0.25) is 0 Å². The molecular formula is C11H18N2OS. The fourth-order valence-corrected chi connectivity index (χ4v) is 2.49. The van der Waals surface area contributed by atoms with E-state index >= 15 is 0 Å². The van der Waals surface area contributed by atoms with Crippen LogP contribution in [-0.2, 0) is 0 Å². The van der Waals surface area contributed by atoms with Crippen LogP contribution in [0.4, 0.5) is 0 Å². The Hall–Kier alpha value is -0.580. The van der Waals surface area contributed by atoms with Crippen molar-refractivity contribution < 1.29 is 5.11 Å². The van der Waals surface area contributed by atoms with Gasteiger partial charge < -0.3 is 10.8 Å². The summed E-state index contributed by atoms with van der Waals surface area (Å²) in [7, 11) is 0. The Labute approximate surface area is 95.1 Å². The largest absolute Gasteiger partial charge is 0.396 e. The van der Waals surface area contributed by atoms with Crippen molar-refractivity contribution >= 4 is 11.8 Å². The zero-order valence-corrected chi connectivity index (χ0v) is 9.78. The van der Waals surface area contributed by atoms with Crippen LogP contribution in [0.25, 0.3) is 0 Å². The maximum absolute atomic E-state index is 8.73. The van der Waals surface area contributed by atoms with E-state index in [2.05, 4.69) is 4.98 Å².